The van der Waals surface area contributed by atoms with Gasteiger partial charge >= 0.3 is 0 Å². The number of nitrogens with one attached hydrogen (secondary N) is 1. The molecule has 0 aliphatic carbocycles. The highest BCUT2D eigenvalue weighted by atomic mass is 32.1. The number of amides is 2. The third-order valence-corrected chi connectivity index (χ3v) is 4.22. The molecule has 1 atom stereocenters. The van der Waals surface area contributed by atoms with Crippen molar-refractivity contribution in [2.75, 3.05) is 12.4 Å². The second kappa shape index (κ2) is 7.20. The number of carbonyl (C=O) groups excluding carboxylic acids is 2. The molecule has 116 valence electrons. The highest BCUT2D eigenvalue weighted by Crippen LogP contribution is 2.13. The number of carbonyl (C=O) groups is 2. The molecule has 2 aromatic rings. The van der Waals surface area contributed by atoms with Crippen molar-refractivity contribution < 1.29 is 9.59 Å². The van der Waals surface area contributed by atoms with Crippen molar-refractivity contribution in [2.24, 2.45) is 5.73 Å². The Morgan fingerprint density at radius 2 is 1.95 bits per heavy atom. The number of nitrogens with two attached hydrogens (primary N) is 1. The van der Waals surface area contributed by atoms with Gasteiger partial charge in [-0.3, -0.25) is 14.5 Å². The zero-order chi connectivity index (χ0) is 16.1. The van der Waals surface area contributed by atoms with Crippen LogP contribution in [0.5, 0.6) is 0 Å². The summed E-state index contributed by atoms with van der Waals surface area (Å²) in [5, 5.41) is 6.93. The molecule has 1 aromatic carbocycles. The van der Waals surface area contributed by atoms with Crippen molar-refractivity contribution in [3.05, 3.63) is 52.2 Å². The van der Waals surface area contributed by atoms with Gasteiger partial charge in [0.1, 0.15) is 0 Å². The van der Waals surface area contributed by atoms with Gasteiger partial charge in [-0.2, -0.15) is 11.3 Å². The smallest absolute Gasteiger partial charge is 0.248 e. The van der Waals surface area contributed by atoms with Crippen LogP contribution < -0.4 is 11.1 Å². The lowest BCUT2D eigenvalue weighted by Gasteiger charge is -2.23. The minimum absolute atomic E-state index is 0.0930. The number of thiophene rings is 1. The molecule has 5 nitrogen and oxygen atoms in total. The number of nitrogens with zero attached hydrogens (tertiary/aromatic N) is 1. The van der Waals surface area contributed by atoms with Crippen LogP contribution in [0.1, 0.15) is 22.8 Å². The van der Waals surface area contributed by atoms with Gasteiger partial charge in [-0.15, -0.1) is 0 Å². The second-order valence-corrected chi connectivity index (χ2v) is 5.93. The van der Waals surface area contributed by atoms with Crippen molar-refractivity contribution in [3.63, 3.8) is 0 Å². The number of hydrogen-bond donors (Lipinski definition) is 2. The Hall–Kier alpha value is -2.18. The quantitative estimate of drug-likeness (QED) is 0.858. The first-order valence-corrected chi connectivity index (χ1v) is 7.83. The van der Waals surface area contributed by atoms with Crippen LogP contribution in [-0.4, -0.2) is 29.8 Å². The van der Waals surface area contributed by atoms with Gasteiger partial charge in [-0.1, -0.05) is 0 Å². The van der Waals surface area contributed by atoms with Gasteiger partial charge in [0.25, 0.3) is 0 Å². The Kier molecular flexibility index (Phi) is 5.30. The molecule has 6 heteroatoms. The average molecular weight is 317 g/mol. The summed E-state index contributed by atoms with van der Waals surface area (Å²) in [7, 11) is 1.91. The van der Waals surface area contributed by atoms with Crippen LogP contribution in [-0.2, 0) is 11.3 Å². The normalized spacial score (nSPS) is 12.1. The average Bonchev–Trinajstić information content (AvgIpc) is 2.99. The molecule has 0 spiro atoms. The highest BCUT2D eigenvalue weighted by molar-refractivity contribution is 7.07. The lowest BCUT2D eigenvalue weighted by atomic mass is 10.2. The summed E-state index contributed by atoms with van der Waals surface area (Å²) in [6.45, 7) is 2.58. The Morgan fingerprint density at radius 3 is 2.50 bits per heavy atom. The van der Waals surface area contributed by atoms with Gasteiger partial charge in [-0.05, 0) is 60.6 Å². The number of hydrogen-bond acceptors (Lipinski definition) is 4. The molecule has 1 heterocycles. The van der Waals surface area contributed by atoms with E-state index in [-0.39, 0.29) is 11.9 Å². The Bertz CT molecular complexity index is 638. The first-order chi connectivity index (χ1) is 10.5. The summed E-state index contributed by atoms with van der Waals surface area (Å²) in [6, 6.07) is 8.31. The third kappa shape index (κ3) is 4.16. The summed E-state index contributed by atoms with van der Waals surface area (Å²) in [5.74, 6) is -0.578. The van der Waals surface area contributed by atoms with Gasteiger partial charge in [0.05, 0.1) is 6.04 Å². The van der Waals surface area contributed by atoms with E-state index in [1.165, 1.54) is 5.56 Å². The van der Waals surface area contributed by atoms with Crippen LogP contribution in [0.4, 0.5) is 5.69 Å². The largest absolute Gasteiger partial charge is 0.366 e. The van der Waals surface area contributed by atoms with Crippen LogP contribution in [0.2, 0.25) is 0 Å². The molecule has 0 aliphatic heterocycles. The number of likely N-dealkylation sites (N-methyl/N-ethyl adjacent to an activating group) is 1. The summed E-state index contributed by atoms with van der Waals surface area (Å²) >= 11 is 1.64. The van der Waals surface area contributed by atoms with Crippen molar-refractivity contribution >= 4 is 28.8 Å². The lowest BCUT2D eigenvalue weighted by Crippen LogP contribution is -2.39. The highest BCUT2D eigenvalue weighted by Gasteiger charge is 2.18. The van der Waals surface area contributed by atoms with E-state index in [0.717, 1.165) is 6.54 Å². The van der Waals surface area contributed by atoms with E-state index in [1.54, 1.807) is 35.6 Å². The number of anilines is 1. The molecule has 0 fully saturated rings. The van der Waals surface area contributed by atoms with E-state index in [9.17, 15) is 9.59 Å². The van der Waals surface area contributed by atoms with Crippen molar-refractivity contribution in [1.82, 2.24) is 4.90 Å². The molecule has 0 saturated carbocycles. The lowest BCUT2D eigenvalue weighted by molar-refractivity contribution is -0.120. The zero-order valence-electron chi connectivity index (χ0n) is 12.6. The number of primary amides is 1. The predicted octanol–water partition coefficient (Wildman–Crippen LogP) is 2.31. The van der Waals surface area contributed by atoms with E-state index >= 15 is 0 Å². The summed E-state index contributed by atoms with van der Waals surface area (Å²) in [6.07, 6.45) is 0. The first-order valence-electron chi connectivity index (χ1n) is 6.89. The molecule has 0 aliphatic rings. The molecule has 22 heavy (non-hydrogen) atoms. The van der Waals surface area contributed by atoms with E-state index in [0.29, 0.717) is 11.3 Å². The predicted molar refractivity (Wildman–Crippen MR) is 88.8 cm³/mol. The molecular formula is C16H19N3O2S. The monoisotopic (exact) mass is 317 g/mol. The standard InChI is InChI=1S/C16H19N3O2S/c1-11(19(2)9-12-7-8-22-10-12)16(21)18-14-5-3-13(4-6-14)15(17)20/h3-8,10-11H,9H2,1-2H3,(H2,17,20)(H,18,21)/t11-/m0/s1. The number of rotatable bonds is 6. The van der Waals surface area contributed by atoms with Crippen LogP contribution >= 0.6 is 11.3 Å². The maximum atomic E-state index is 12.3. The maximum absolute atomic E-state index is 12.3. The molecule has 0 saturated heterocycles. The number of benzene rings is 1. The van der Waals surface area contributed by atoms with Gasteiger partial charge < -0.3 is 11.1 Å². The first kappa shape index (κ1) is 16.2. The second-order valence-electron chi connectivity index (χ2n) is 5.15. The molecular weight excluding hydrogens is 298 g/mol. The van der Waals surface area contributed by atoms with Crippen LogP contribution in [0.25, 0.3) is 0 Å². The molecule has 0 radical (unpaired) electrons. The summed E-state index contributed by atoms with van der Waals surface area (Å²) < 4.78 is 0. The SMILES string of the molecule is C[C@@H](C(=O)Nc1ccc(C(N)=O)cc1)N(C)Cc1ccsc1. The van der Waals surface area contributed by atoms with Gasteiger partial charge in [0.15, 0.2) is 0 Å². The van der Waals surface area contributed by atoms with Gasteiger partial charge in [-0.25, -0.2) is 0 Å². The van der Waals surface area contributed by atoms with Crippen LogP contribution in [0.15, 0.2) is 41.1 Å². The van der Waals surface area contributed by atoms with Crippen LogP contribution in [0, 0.1) is 0 Å². The summed E-state index contributed by atoms with van der Waals surface area (Å²) in [4.78, 5) is 25.3. The van der Waals surface area contributed by atoms with E-state index in [1.807, 2.05) is 30.3 Å². The van der Waals surface area contributed by atoms with Crippen LogP contribution in [0.3, 0.4) is 0 Å². The molecule has 0 bridgehead atoms. The molecule has 2 rings (SSSR count). The topological polar surface area (TPSA) is 75.4 Å². The van der Waals surface area contributed by atoms with E-state index < -0.39 is 5.91 Å². The molecule has 2 amide bonds. The Morgan fingerprint density at radius 1 is 1.27 bits per heavy atom. The van der Waals surface area contributed by atoms with Gasteiger partial charge in [0, 0.05) is 17.8 Å². The Labute approximate surface area is 133 Å². The fraction of sp³-hybridized carbons (Fsp3) is 0.250. The minimum Gasteiger partial charge on any atom is -0.366 e. The fourth-order valence-corrected chi connectivity index (χ4v) is 2.63. The maximum Gasteiger partial charge on any atom is 0.248 e. The third-order valence-electron chi connectivity index (χ3n) is 3.49. The van der Waals surface area contributed by atoms with Crippen molar-refractivity contribution in [2.45, 2.75) is 19.5 Å². The fourth-order valence-electron chi connectivity index (χ4n) is 1.97. The van der Waals surface area contributed by atoms with Gasteiger partial charge in [0.2, 0.25) is 11.8 Å². The zero-order valence-corrected chi connectivity index (χ0v) is 13.4. The van der Waals surface area contributed by atoms with Crippen molar-refractivity contribution in [1.29, 1.82) is 0 Å². The minimum atomic E-state index is -0.484. The Balaban J connectivity index is 1.94. The van der Waals surface area contributed by atoms with E-state index in [4.69, 9.17) is 5.73 Å². The molecule has 1 aromatic heterocycles. The molecule has 0 unspecified atom stereocenters. The van der Waals surface area contributed by atoms with E-state index in [2.05, 4.69) is 10.7 Å². The van der Waals surface area contributed by atoms with Crippen molar-refractivity contribution in [3.8, 4) is 0 Å². The summed E-state index contributed by atoms with van der Waals surface area (Å²) in [5.41, 5.74) is 7.44. The molecule has 3 N–H and O–H groups in total.